The van der Waals surface area contributed by atoms with Crippen LogP contribution in [0.2, 0.25) is 0 Å². The van der Waals surface area contributed by atoms with Crippen LogP contribution in [0, 0.1) is 10.1 Å². The molecule has 0 fully saturated rings. The van der Waals surface area contributed by atoms with Crippen LogP contribution in [0.3, 0.4) is 0 Å². The number of anilines is 1. The summed E-state index contributed by atoms with van der Waals surface area (Å²) in [6.07, 6.45) is 1.75. The smallest absolute Gasteiger partial charge is 0.311 e. The van der Waals surface area contributed by atoms with Crippen molar-refractivity contribution in [3.63, 3.8) is 0 Å². The van der Waals surface area contributed by atoms with Crippen LogP contribution in [-0.4, -0.2) is 50.9 Å². The van der Waals surface area contributed by atoms with E-state index in [4.69, 9.17) is 4.74 Å². The molecule has 200 valence electrons. The van der Waals surface area contributed by atoms with Gasteiger partial charge in [-0.15, -0.1) is 0 Å². The fourth-order valence-electron chi connectivity index (χ4n) is 4.14. The van der Waals surface area contributed by atoms with Gasteiger partial charge in [0.25, 0.3) is 0 Å². The maximum atomic E-state index is 13.2. The van der Waals surface area contributed by atoms with Gasteiger partial charge in [-0.1, -0.05) is 54.6 Å². The molecule has 3 aromatic carbocycles. The van der Waals surface area contributed by atoms with E-state index in [0.717, 1.165) is 11.3 Å². The molecule has 4 aromatic rings. The van der Waals surface area contributed by atoms with Crippen LogP contribution < -0.4 is 10.1 Å². The first-order chi connectivity index (χ1) is 18.8. The van der Waals surface area contributed by atoms with E-state index in [0.29, 0.717) is 17.2 Å². The van der Waals surface area contributed by atoms with E-state index >= 15 is 0 Å². The number of carbonyl (C=O) groups excluding carboxylic acids is 2. The van der Waals surface area contributed by atoms with Crippen molar-refractivity contribution < 1.29 is 19.2 Å². The predicted molar refractivity (Wildman–Crippen MR) is 148 cm³/mol. The molecule has 39 heavy (non-hydrogen) atoms. The normalized spacial score (nSPS) is 10.8. The van der Waals surface area contributed by atoms with E-state index in [1.54, 1.807) is 24.5 Å². The Hall–Kier alpha value is -4.99. The number of methoxy groups -OCH3 is 1. The molecule has 1 heterocycles. The van der Waals surface area contributed by atoms with Crippen LogP contribution in [0.1, 0.15) is 19.4 Å². The van der Waals surface area contributed by atoms with Gasteiger partial charge in [0.15, 0.2) is 5.75 Å². The summed E-state index contributed by atoms with van der Waals surface area (Å²) in [4.78, 5) is 43.3. The number of ether oxygens (including phenoxy) is 1. The molecule has 1 N–H and O–H groups in total. The van der Waals surface area contributed by atoms with Crippen molar-refractivity contribution in [3.05, 3.63) is 101 Å². The quantitative estimate of drug-likeness (QED) is 0.232. The van der Waals surface area contributed by atoms with Crippen LogP contribution in [0.5, 0.6) is 5.75 Å². The molecular formula is C29H29N5O5. The van der Waals surface area contributed by atoms with Crippen LogP contribution in [-0.2, 0) is 16.0 Å². The third-order valence-corrected chi connectivity index (χ3v) is 6.11. The molecule has 4 rings (SSSR count). The zero-order valence-corrected chi connectivity index (χ0v) is 21.9. The van der Waals surface area contributed by atoms with Crippen molar-refractivity contribution in [3.8, 4) is 22.7 Å². The van der Waals surface area contributed by atoms with Gasteiger partial charge in [0.2, 0.25) is 17.8 Å². The van der Waals surface area contributed by atoms with Crippen molar-refractivity contribution in [2.75, 3.05) is 19.0 Å². The number of nitro groups is 1. The summed E-state index contributed by atoms with van der Waals surface area (Å²) in [6, 6.07) is 23.2. The molecule has 2 amide bonds. The number of carbonyl (C=O) groups is 2. The summed E-state index contributed by atoms with van der Waals surface area (Å²) >= 11 is 0. The molecule has 0 aliphatic rings. The fraction of sp³-hybridized carbons (Fsp3) is 0.207. The number of nitrogens with zero attached hydrogens (tertiary/aromatic N) is 4. The van der Waals surface area contributed by atoms with E-state index in [1.165, 1.54) is 24.1 Å². The molecule has 0 unspecified atom stereocenters. The molecule has 10 nitrogen and oxygen atoms in total. The molecule has 0 saturated heterocycles. The highest BCUT2D eigenvalue weighted by molar-refractivity contribution is 5.94. The Kier molecular flexibility index (Phi) is 8.35. The highest BCUT2D eigenvalue weighted by Gasteiger charge is 2.24. The summed E-state index contributed by atoms with van der Waals surface area (Å²) in [5.41, 5.74) is 2.63. The summed E-state index contributed by atoms with van der Waals surface area (Å²) in [7, 11) is 1.35. The number of hydrogen-bond donors (Lipinski definition) is 1. The van der Waals surface area contributed by atoms with Gasteiger partial charge in [-0.25, -0.2) is 4.98 Å². The van der Waals surface area contributed by atoms with Gasteiger partial charge >= 0.3 is 5.69 Å². The van der Waals surface area contributed by atoms with Crippen molar-refractivity contribution in [1.29, 1.82) is 0 Å². The SMILES string of the molecule is COc1ccc(CC(=O)N(CC(=O)Nc2nc(-c3ccccc3)cn2-c2ccccc2)C(C)C)cc1[N+](=O)[O-]. The van der Waals surface area contributed by atoms with Gasteiger partial charge in [0, 0.05) is 29.6 Å². The Balaban J connectivity index is 1.54. The second kappa shape index (κ2) is 12.0. The molecule has 0 atom stereocenters. The van der Waals surface area contributed by atoms with E-state index in [1.807, 2.05) is 66.9 Å². The Morgan fingerprint density at radius 3 is 2.33 bits per heavy atom. The van der Waals surface area contributed by atoms with Crippen molar-refractivity contribution in [2.45, 2.75) is 26.3 Å². The first kappa shape index (κ1) is 27.1. The molecule has 0 spiro atoms. The maximum absolute atomic E-state index is 13.2. The molecule has 0 saturated carbocycles. The first-order valence-electron chi connectivity index (χ1n) is 12.4. The lowest BCUT2D eigenvalue weighted by atomic mass is 10.1. The lowest BCUT2D eigenvalue weighted by Gasteiger charge is -2.26. The van der Waals surface area contributed by atoms with Crippen molar-refractivity contribution in [2.24, 2.45) is 0 Å². The molecule has 0 aliphatic heterocycles. The lowest BCUT2D eigenvalue weighted by molar-refractivity contribution is -0.385. The van der Waals surface area contributed by atoms with Crippen LogP contribution in [0.4, 0.5) is 11.6 Å². The molecule has 0 radical (unpaired) electrons. The predicted octanol–water partition coefficient (Wildman–Crippen LogP) is 4.87. The third-order valence-electron chi connectivity index (χ3n) is 6.11. The Morgan fingerprint density at radius 2 is 1.72 bits per heavy atom. The van der Waals surface area contributed by atoms with E-state index < -0.39 is 10.8 Å². The van der Waals surface area contributed by atoms with E-state index in [2.05, 4.69) is 10.3 Å². The Labute approximate surface area is 226 Å². The number of nitro benzene ring substituents is 1. The van der Waals surface area contributed by atoms with Crippen LogP contribution in [0.25, 0.3) is 16.9 Å². The highest BCUT2D eigenvalue weighted by atomic mass is 16.6. The summed E-state index contributed by atoms with van der Waals surface area (Å²) in [6.45, 7) is 3.40. The molecule has 0 bridgehead atoms. The molecule has 10 heteroatoms. The number of rotatable bonds is 10. The Morgan fingerprint density at radius 1 is 1.05 bits per heavy atom. The minimum absolute atomic E-state index is 0.104. The molecule has 0 aliphatic carbocycles. The number of hydrogen-bond acceptors (Lipinski definition) is 6. The van der Waals surface area contributed by atoms with Gasteiger partial charge in [-0.3, -0.25) is 29.6 Å². The number of amides is 2. The van der Waals surface area contributed by atoms with Crippen LogP contribution >= 0.6 is 0 Å². The van der Waals surface area contributed by atoms with Gasteiger partial charge in [-0.2, -0.15) is 0 Å². The van der Waals surface area contributed by atoms with Crippen molar-refractivity contribution >= 4 is 23.5 Å². The van der Waals surface area contributed by atoms with E-state index in [-0.39, 0.29) is 36.4 Å². The third kappa shape index (κ3) is 6.48. The molecule has 1 aromatic heterocycles. The second-order valence-electron chi connectivity index (χ2n) is 9.12. The van der Waals surface area contributed by atoms with Gasteiger partial charge in [0.05, 0.1) is 24.1 Å². The Bertz CT molecular complexity index is 1470. The van der Waals surface area contributed by atoms with E-state index in [9.17, 15) is 19.7 Å². The maximum Gasteiger partial charge on any atom is 0.311 e. The number of nitrogens with one attached hydrogen (secondary N) is 1. The monoisotopic (exact) mass is 527 g/mol. The lowest BCUT2D eigenvalue weighted by Crippen LogP contribution is -2.43. The van der Waals surface area contributed by atoms with Gasteiger partial charge in [-0.05, 0) is 37.6 Å². The standard InChI is InChI=1S/C29H29N5O5/c1-20(2)32(28(36)17-21-14-15-26(39-3)25(16-21)34(37)38)19-27(35)31-29-30-24(22-10-6-4-7-11-22)18-33(29)23-12-8-5-9-13-23/h4-16,18,20H,17,19H2,1-3H3,(H,30,31,35). The minimum atomic E-state index is -0.557. The molecular weight excluding hydrogens is 498 g/mol. The summed E-state index contributed by atoms with van der Waals surface area (Å²) in [5.74, 6) is -0.316. The van der Waals surface area contributed by atoms with Gasteiger partial charge < -0.3 is 9.64 Å². The topological polar surface area (TPSA) is 120 Å². The second-order valence-corrected chi connectivity index (χ2v) is 9.12. The highest BCUT2D eigenvalue weighted by Crippen LogP contribution is 2.28. The first-order valence-corrected chi connectivity index (χ1v) is 12.4. The number of benzene rings is 3. The summed E-state index contributed by atoms with van der Waals surface area (Å²) < 4.78 is 6.83. The van der Waals surface area contributed by atoms with Crippen LogP contribution in [0.15, 0.2) is 85.1 Å². The summed E-state index contributed by atoms with van der Waals surface area (Å²) in [5, 5.41) is 14.2. The number of imidazole rings is 1. The number of aromatic nitrogens is 2. The number of para-hydroxylation sites is 1. The minimum Gasteiger partial charge on any atom is -0.490 e. The zero-order chi connectivity index (χ0) is 27.9. The zero-order valence-electron chi connectivity index (χ0n) is 21.9. The fourth-order valence-corrected chi connectivity index (χ4v) is 4.14. The van der Waals surface area contributed by atoms with Crippen molar-refractivity contribution in [1.82, 2.24) is 14.5 Å². The van der Waals surface area contributed by atoms with Gasteiger partial charge in [0.1, 0.15) is 6.54 Å². The average molecular weight is 528 g/mol. The largest absolute Gasteiger partial charge is 0.490 e. The average Bonchev–Trinajstić information content (AvgIpc) is 3.36.